The number of carbonyl (C=O) groups is 2. The molecular formula is C17H22N4O4S. The fraction of sp³-hybridized carbons (Fsp3) is 0.471. The predicted octanol–water partition coefficient (Wildman–Crippen LogP) is 2.14. The molecule has 1 aliphatic rings. The third-order valence-electron chi connectivity index (χ3n) is 4.42. The lowest BCUT2D eigenvalue weighted by Gasteiger charge is -2.42. The van der Waals surface area contributed by atoms with E-state index in [2.05, 4.69) is 15.6 Å². The number of hydrogen-bond acceptors (Lipinski definition) is 6. The first-order chi connectivity index (χ1) is 12.5. The molecule has 1 aliphatic carbocycles. The predicted molar refractivity (Wildman–Crippen MR) is 96.9 cm³/mol. The minimum Gasteiger partial charge on any atom is -0.480 e. The van der Waals surface area contributed by atoms with Gasteiger partial charge >= 0.3 is 12.0 Å². The van der Waals surface area contributed by atoms with E-state index >= 15 is 0 Å². The van der Waals surface area contributed by atoms with Gasteiger partial charge in [-0.2, -0.15) is 0 Å². The zero-order valence-electron chi connectivity index (χ0n) is 14.5. The Kier molecular flexibility index (Phi) is 5.89. The molecule has 3 rings (SSSR count). The molecule has 0 aliphatic heterocycles. The fourth-order valence-electron chi connectivity index (χ4n) is 2.99. The first-order valence-corrected chi connectivity index (χ1v) is 9.41. The fourth-order valence-corrected chi connectivity index (χ4v) is 3.64. The monoisotopic (exact) mass is 378 g/mol. The van der Waals surface area contributed by atoms with Crippen molar-refractivity contribution in [2.24, 2.45) is 0 Å². The number of nitrogens with zero attached hydrogens (tertiary/aromatic N) is 2. The Labute approximate surface area is 155 Å². The van der Waals surface area contributed by atoms with Crippen LogP contribution in [0.2, 0.25) is 0 Å². The molecule has 2 aromatic rings. The largest absolute Gasteiger partial charge is 0.480 e. The molecule has 1 fully saturated rings. The third-order valence-corrected chi connectivity index (χ3v) is 5.28. The van der Waals surface area contributed by atoms with Crippen molar-refractivity contribution in [2.75, 3.05) is 13.1 Å². The lowest BCUT2D eigenvalue weighted by atomic mass is 9.85. The molecule has 2 aromatic heterocycles. The molecule has 9 heteroatoms. The average molecular weight is 378 g/mol. The molecular weight excluding hydrogens is 356 g/mol. The Hall–Kier alpha value is -2.39. The topological polar surface area (TPSA) is 108 Å². The van der Waals surface area contributed by atoms with Crippen LogP contribution in [0.15, 0.2) is 28.2 Å². The second-order valence-corrected chi connectivity index (χ2v) is 7.17. The van der Waals surface area contributed by atoms with Gasteiger partial charge in [0.1, 0.15) is 6.26 Å². The second-order valence-electron chi connectivity index (χ2n) is 6.23. The van der Waals surface area contributed by atoms with Crippen molar-refractivity contribution in [1.29, 1.82) is 0 Å². The molecule has 3 N–H and O–H groups in total. The van der Waals surface area contributed by atoms with Gasteiger partial charge < -0.3 is 20.2 Å². The number of carboxylic acid groups (broad SMARTS) is 1. The van der Waals surface area contributed by atoms with Crippen LogP contribution in [0.3, 0.4) is 0 Å². The van der Waals surface area contributed by atoms with Crippen molar-refractivity contribution in [3.05, 3.63) is 29.5 Å². The van der Waals surface area contributed by atoms with Gasteiger partial charge in [0.2, 0.25) is 5.89 Å². The molecule has 2 heterocycles. The van der Waals surface area contributed by atoms with Crippen LogP contribution in [-0.2, 0) is 11.3 Å². The average Bonchev–Trinajstić information content (AvgIpc) is 3.24. The van der Waals surface area contributed by atoms with Crippen molar-refractivity contribution in [3.63, 3.8) is 0 Å². The lowest BCUT2D eigenvalue weighted by molar-refractivity contribution is -0.139. The van der Waals surface area contributed by atoms with E-state index in [-0.39, 0.29) is 31.2 Å². The van der Waals surface area contributed by atoms with E-state index in [4.69, 9.17) is 9.52 Å². The number of likely N-dealkylation sites (N-methyl/N-ethyl adjacent to an activating group) is 1. The van der Waals surface area contributed by atoms with E-state index in [9.17, 15) is 9.59 Å². The highest BCUT2D eigenvalue weighted by Gasteiger charge is 2.34. The van der Waals surface area contributed by atoms with Crippen molar-refractivity contribution < 1.29 is 19.1 Å². The van der Waals surface area contributed by atoms with E-state index < -0.39 is 5.97 Å². The maximum absolute atomic E-state index is 12.0. The Bertz CT molecular complexity index is 740. The summed E-state index contributed by atoms with van der Waals surface area (Å²) in [5, 5.41) is 16.5. The molecule has 8 nitrogen and oxygen atoms in total. The number of carbonyl (C=O) groups excluding carboxylic acids is 1. The highest BCUT2D eigenvalue weighted by atomic mass is 32.1. The van der Waals surface area contributed by atoms with Crippen LogP contribution in [-0.4, -0.2) is 52.2 Å². The maximum Gasteiger partial charge on any atom is 0.317 e. The third kappa shape index (κ3) is 4.61. The molecule has 2 amide bonds. The van der Waals surface area contributed by atoms with E-state index in [0.29, 0.717) is 18.1 Å². The molecule has 0 saturated heterocycles. The molecule has 140 valence electrons. The smallest absolute Gasteiger partial charge is 0.317 e. The molecule has 0 radical (unpaired) electrons. The van der Waals surface area contributed by atoms with Crippen LogP contribution < -0.4 is 10.6 Å². The standard InChI is InChI=1S/C17H22N4O4S/c1-2-21(9-15(22)23)13-6-11(7-13)20-17(24)18-8-12-10-25-16(19-12)14-4-3-5-26-14/h3-5,10-11,13H,2,6-9H2,1H3,(H,22,23)(H2,18,20,24). The normalized spacial score (nSPS) is 19.2. The number of oxazole rings is 1. The minimum atomic E-state index is -0.824. The first kappa shape index (κ1) is 18.4. The van der Waals surface area contributed by atoms with Crippen LogP contribution >= 0.6 is 11.3 Å². The van der Waals surface area contributed by atoms with E-state index in [1.54, 1.807) is 17.6 Å². The van der Waals surface area contributed by atoms with Crippen LogP contribution in [0.5, 0.6) is 0 Å². The van der Waals surface area contributed by atoms with E-state index in [1.165, 1.54) is 0 Å². The Morgan fingerprint density at radius 1 is 1.46 bits per heavy atom. The lowest BCUT2D eigenvalue weighted by Crippen LogP contribution is -2.56. The Morgan fingerprint density at radius 3 is 2.92 bits per heavy atom. The van der Waals surface area contributed by atoms with Crippen LogP contribution in [0, 0.1) is 0 Å². The number of rotatable bonds is 8. The number of aliphatic carboxylic acids is 1. The second kappa shape index (κ2) is 8.33. The molecule has 0 spiro atoms. The summed E-state index contributed by atoms with van der Waals surface area (Å²) in [6.45, 7) is 2.96. The SMILES string of the molecule is CCN(CC(=O)O)C1CC(NC(=O)NCc2coc(-c3cccs3)n2)C1. The molecule has 0 atom stereocenters. The molecule has 0 unspecified atom stereocenters. The van der Waals surface area contributed by atoms with Crippen molar-refractivity contribution in [3.8, 4) is 10.8 Å². The van der Waals surface area contributed by atoms with Gasteiger partial charge in [0, 0.05) is 12.1 Å². The van der Waals surface area contributed by atoms with Crippen LogP contribution in [0.4, 0.5) is 4.79 Å². The summed E-state index contributed by atoms with van der Waals surface area (Å²) in [6, 6.07) is 3.89. The quantitative estimate of drug-likeness (QED) is 0.650. The van der Waals surface area contributed by atoms with Gasteiger partial charge in [-0.3, -0.25) is 9.69 Å². The number of nitrogens with one attached hydrogen (secondary N) is 2. The van der Waals surface area contributed by atoms with Gasteiger partial charge in [-0.05, 0) is 30.8 Å². The molecule has 1 saturated carbocycles. The summed E-state index contributed by atoms with van der Waals surface area (Å²) >= 11 is 1.54. The summed E-state index contributed by atoms with van der Waals surface area (Å²) in [5.74, 6) is -0.271. The van der Waals surface area contributed by atoms with Gasteiger partial charge in [0.25, 0.3) is 0 Å². The van der Waals surface area contributed by atoms with Crippen LogP contribution in [0.1, 0.15) is 25.5 Å². The van der Waals surface area contributed by atoms with Crippen molar-refractivity contribution in [2.45, 2.75) is 38.4 Å². The van der Waals surface area contributed by atoms with Gasteiger partial charge in [0.15, 0.2) is 0 Å². The highest BCUT2D eigenvalue weighted by molar-refractivity contribution is 7.13. The zero-order valence-corrected chi connectivity index (χ0v) is 15.3. The summed E-state index contributed by atoms with van der Waals surface area (Å²) in [6.07, 6.45) is 3.07. The first-order valence-electron chi connectivity index (χ1n) is 8.53. The Morgan fingerprint density at radius 2 is 2.27 bits per heavy atom. The van der Waals surface area contributed by atoms with Gasteiger partial charge in [-0.1, -0.05) is 13.0 Å². The highest BCUT2D eigenvalue weighted by Crippen LogP contribution is 2.25. The summed E-state index contributed by atoms with van der Waals surface area (Å²) in [4.78, 5) is 30.0. The number of amides is 2. The van der Waals surface area contributed by atoms with Gasteiger partial charge in [-0.15, -0.1) is 11.3 Å². The van der Waals surface area contributed by atoms with E-state index in [0.717, 1.165) is 17.7 Å². The number of hydrogen-bond donors (Lipinski definition) is 3. The molecule has 0 aromatic carbocycles. The summed E-state index contributed by atoms with van der Waals surface area (Å²) in [5.41, 5.74) is 0.661. The maximum atomic E-state index is 12.0. The molecule has 0 bridgehead atoms. The minimum absolute atomic E-state index is 0.0405. The zero-order chi connectivity index (χ0) is 18.5. The molecule has 26 heavy (non-hydrogen) atoms. The van der Waals surface area contributed by atoms with E-state index in [1.807, 2.05) is 29.3 Å². The van der Waals surface area contributed by atoms with Crippen molar-refractivity contribution in [1.82, 2.24) is 20.5 Å². The van der Waals surface area contributed by atoms with Gasteiger partial charge in [-0.25, -0.2) is 9.78 Å². The number of carboxylic acids is 1. The van der Waals surface area contributed by atoms with Gasteiger partial charge in [0.05, 0.1) is 23.7 Å². The number of thiophene rings is 1. The summed E-state index contributed by atoms with van der Waals surface area (Å²) in [7, 11) is 0. The number of urea groups is 1. The number of aromatic nitrogens is 1. The van der Waals surface area contributed by atoms with Crippen molar-refractivity contribution >= 4 is 23.3 Å². The summed E-state index contributed by atoms with van der Waals surface area (Å²) < 4.78 is 5.41. The van der Waals surface area contributed by atoms with Crippen LogP contribution in [0.25, 0.3) is 10.8 Å². The Balaban J connectivity index is 1.38.